The number of hydrogen-bond acceptors (Lipinski definition) is 4. The molecule has 0 aliphatic rings. The Balaban J connectivity index is 1.37. The van der Waals surface area contributed by atoms with Crippen LogP contribution in [0.3, 0.4) is 0 Å². The average Bonchev–Trinajstić information content (AvgIpc) is 3.40. The van der Waals surface area contributed by atoms with E-state index >= 15 is 0 Å². The number of imidazole rings is 1. The van der Waals surface area contributed by atoms with Crippen LogP contribution in [0, 0.1) is 0 Å². The molecule has 0 fully saturated rings. The van der Waals surface area contributed by atoms with E-state index in [-0.39, 0.29) is 6.04 Å². The Labute approximate surface area is 152 Å². The zero-order valence-corrected chi connectivity index (χ0v) is 14.5. The lowest BCUT2D eigenvalue weighted by molar-refractivity contribution is 0.574. The fourth-order valence-electron chi connectivity index (χ4n) is 2.84. The average molecular weight is 344 g/mol. The third-order valence-electron chi connectivity index (χ3n) is 4.43. The highest BCUT2D eigenvalue weighted by Gasteiger charge is 2.06. The second-order valence-corrected chi connectivity index (χ2v) is 6.17. The Hall–Kier alpha value is -3.25. The van der Waals surface area contributed by atoms with Crippen molar-refractivity contribution in [2.45, 2.75) is 19.5 Å². The van der Waals surface area contributed by atoms with Crippen LogP contribution in [0.2, 0.25) is 0 Å². The highest BCUT2D eigenvalue weighted by molar-refractivity contribution is 5.36. The Bertz CT molecular complexity index is 925. The van der Waals surface area contributed by atoms with Gasteiger partial charge in [0.25, 0.3) is 0 Å². The number of benzene rings is 2. The van der Waals surface area contributed by atoms with Crippen molar-refractivity contribution in [2.24, 2.45) is 0 Å². The lowest BCUT2D eigenvalue weighted by Gasteiger charge is -2.15. The molecule has 2 aromatic heterocycles. The van der Waals surface area contributed by atoms with E-state index in [9.17, 15) is 0 Å². The van der Waals surface area contributed by atoms with Gasteiger partial charge in [-0.2, -0.15) is 5.10 Å². The van der Waals surface area contributed by atoms with Gasteiger partial charge in [-0.1, -0.05) is 24.3 Å². The monoisotopic (exact) mass is 344 g/mol. The molecule has 1 N–H and O–H groups in total. The van der Waals surface area contributed by atoms with Gasteiger partial charge in [-0.05, 0) is 42.3 Å². The van der Waals surface area contributed by atoms with E-state index in [0.29, 0.717) is 0 Å². The van der Waals surface area contributed by atoms with Crippen LogP contribution < -0.4 is 5.32 Å². The normalized spacial score (nSPS) is 12.2. The minimum absolute atomic E-state index is 0.258. The standard InChI is InChI=1S/C20H20N6/c1-16(18-4-8-20(9-5-18)26-15-22-13-24-26)23-12-17-2-6-19(7-3-17)25-11-10-21-14-25/h2-11,13-16,23H,12H2,1H3/t16-/m0/s1. The molecule has 0 radical (unpaired) electrons. The summed E-state index contributed by atoms with van der Waals surface area (Å²) in [4.78, 5) is 8.05. The molecule has 0 unspecified atom stereocenters. The molecule has 6 heteroatoms. The summed E-state index contributed by atoms with van der Waals surface area (Å²) in [7, 11) is 0. The molecule has 26 heavy (non-hydrogen) atoms. The third-order valence-corrected chi connectivity index (χ3v) is 4.43. The van der Waals surface area contributed by atoms with E-state index in [1.165, 1.54) is 17.5 Å². The zero-order chi connectivity index (χ0) is 17.8. The van der Waals surface area contributed by atoms with Gasteiger partial charge in [0.15, 0.2) is 0 Å². The highest BCUT2D eigenvalue weighted by atomic mass is 15.3. The first-order valence-corrected chi connectivity index (χ1v) is 8.55. The van der Waals surface area contributed by atoms with E-state index in [1.54, 1.807) is 23.5 Å². The number of rotatable bonds is 6. The van der Waals surface area contributed by atoms with Crippen LogP contribution in [0.25, 0.3) is 11.4 Å². The lowest BCUT2D eigenvalue weighted by Crippen LogP contribution is -2.18. The summed E-state index contributed by atoms with van der Waals surface area (Å²) < 4.78 is 3.75. The molecule has 0 aliphatic heterocycles. The minimum Gasteiger partial charge on any atom is -0.306 e. The summed E-state index contributed by atoms with van der Waals surface area (Å²) in [6, 6.07) is 17.1. The van der Waals surface area contributed by atoms with Crippen LogP contribution in [-0.4, -0.2) is 24.3 Å². The Kier molecular flexibility index (Phi) is 4.57. The lowest BCUT2D eigenvalue weighted by atomic mass is 10.1. The quantitative estimate of drug-likeness (QED) is 0.583. The first-order valence-electron chi connectivity index (χ1n) is 8.55. The topological polar surface area (TPSA) is 60.6 Å². The number of aromatic nitrogens is 5. The zero-order valence-electron chi connectivity index (χ0n) is 14.5. The molecule has 0 aliphatic carbocycles. The van der Waals surface area contributed by atoms with Crippen LogP contribution in [0.1, 0.15) is 24.1 Å². The first-order chi connectivity index (χ1) is 12.8. The predicted molar refractivity (Wildman–Crippen MR) is 100 cm³/mol. The molecule has 0 saturated carbocycles. The predicted octanol–water partition coefficient (Wildman–Crippen LogP) is 3.30. The summed E-state index contributed by atoms with van der Waals surface area (Å²) >= 11 is 0. The van der Waals surface area contributed by atoms with E-state index in [4.69, 9.17) is 0 Å². The van der Waals surface area contributed by atoms with Crippen LogP contribution >= 0.6 is 0 Å². The van der Waals surface area contributed by atoms with Crippen molar-refractivity contribution in [1.29, 1.82) is 0 Å². The third kappa shape index (κ3) is 3.55. The van der Waals surface area contributed by atoms with Crippen molar-refractivity contribution in [1.82, 2.24) is 29.6 Å². The molecule has 130 valence electrons. The maximum absolute atomic E-state index is 4.15. The summed E-state index contributed by atoms with van der Waals surface area (Å²) in [6.07, 6.45) is 8.77. The van der Waals surface area contributed by atoms with E-state index in [2.05, 4.69) is 75.8 Å². The van der Waals surface area contributed by atoms with Crippen molar-refractivity contribution in [3.05, 3.63) is 91.0 Å². The molecule has 0 spiro atoms. The Morgan fingerprint density at radius 3 is 2.35 bits per heavy atom. The molecule has 2 aromatic carbocycles. The molecule has 1 atom stereocenters. The first kappa shape index (κ1) is 16.2. The maximum Gasteiger partial charge on any atom is 0.138 e. The summed E-state index contributed by atoms with van der Waals surface area (Å²) in [6.45, 7) is 2.99. The molecule has 0 amide bonds. The number of nitrogens with zero attached hydrogens (tertiary/aromatic N) is 5. The molecule has 2 heterocycles. The Morgan fingerprint density at radius 2 is 1.69 bits per heavy atom. The van der Waals surface area contributed by atoms with Gasteiger partial charge in [0.2, 0.25) is 0 Å². The van der Waals surface area contributed by atoms with Gasteiger partial charge < -0.3 is 9.88 Å². The van der Waals surface area contributed by atoms with Crippen molar-refractivity contribution in [3.63, 3.8) is 0 Å². The van der Waals surface area contributed by atoms with Crippen LogP contribution in [0.15, 0.2) is 79.9 Å². The number of nitrogens with one attached hydrogen (secondary N) is 1. The van der Waals surface area contributed by atoms with Gasteiger partial charge in [0.1, 0.15) is 12.7 Å². The largest absolute Gasteiger partial charge is 0.306 e. The van der Waals surface area contributed by atoms with Gasteiger partial charge in [-0.25, -0.2) is 14.6 Å². The SMILES string of the molecule is C[C@H](NCc1ccc(-n2ccnc2)cc1)c1ccc(-n2cncn2)cc1. The second kappa shape index (κ2) is 7.33. The molecular weight excluding hydrogens is 324 g/mol. The smallest absolute Gasteiger partial charge is 0.138 e. The fraction of sp³-hybridized carbons (Fsp3) is 0.150. The molecule has 4 rings (SSSR count). The van der Waals surface area contributed by atoms with Gasteiger partial charge in [-0.3, -0.25) is 0 Å². The molecule has 0 bridgehead atoms. The maximum atomic E-state index is 4.15. The van der Waals surface area contributed by atoms with E-state index < -0.39 is 0 Å². The second-order valence-electron chi connectivity index (χ2n) is 6.17. The van der Waals surface area contributed by atoms with Crippen molar-refractivity contribution < 1.29 is 0 Å². The van der Waals surface area contributed by atoms with E-state index in [1.807, 2.05) is 10.8 Å². The summed E-state index contributed by atoms with van der Waals surface area (Å²) in [5.74, 6) is 0. The van der Waals surface area contributed by atoms with Gasteiger partial charge in [0, 0.05) is 30.7 Å². The minimum atomic E-state index is 0.258. The highest BCUT2D eigenvalue weighted by Crippen LogP contribution is 2.16. The number of hydrogen-bond donors (Lipinski definition) is 1. The van der Waals surface area contributed by atoms with Crippen LogP contribution in [-0.2, 0) is 6.54 Å². The van der Waals surface area contributed by atoms with Crippen molar-refractivity contribution in [3.8, 4) is 11.4 Å². The molecular formula is C20H20N6. The van der Waals surface area contributed by atoms with Gasteiger partial charge >= 0.3 is 0 Å². The fourth-order valence-corrected chi connectivity index (χ4v) is 2.84. The van der Waals surface area contributed by atoms with E-state index in [0.717, 1.165) is 17.9 Å². The summed E-state index contributed by atoms with van der Waals surface area (Å²) in [5, 5.41) is 7.72. The molecule has 6 nitrogen and oxygen atoms in total. The molecule has 4 aromatic rings. The molecule has 0 saturated heterocycles. The van der Waals surface area contributed by atoms with Crippen molar-refractivity contribution >= 4 is 0 Å². The van der Waals surface area contributed by atoms with Crippen LogP contribution in [0.5, 0.6) is 0 Å². The van der Waals surface area contributed by atoms with Gasteiger partial charge in [0.05, 0.1) is 12.0 Å². The summed E-state index contributed by atoms with van der Waals surface area (Å²) in [5.41, 5.74) is 4.61. The van der Waals surface area contributed by atoms with Gasteiger partial charge in [-0.15, -0.1) is 0 Å². The Morgan fingerprint density at radius 1 is 0.923 bits per heavy atom. The van der Waals surface area contributed by atoms with Crippen molar-refractivity contribution in [2.75, 3.05) is 0 Å². The van der Waals surface area contributed by atoms with Crippen LogP contribution in [0.4, 0.5) is 0 Å².